The second-order valence-corrected chi connectivity index (χ2v) is 4.58. The molecule has 0 saturated carbocycles. The summed E-state index contributed by atoms with van der Waals surface area (Å²) in [5.74, 6) is 0.768. The van der Waals surface area contributed by atoms with Gasteiger partial charge in [0.15, 0.2) is 0 Å². The third kappa shape index (κ3) is 4.03. The first-order chi connectivity index (χ1) is 7.67. The van der Waals surface area contributed by atoms with Crippen molar-refractivity contribution in [3.63, 3.8) is 0 Å². The lowest BCUT2D eigenvalue weighted by Gasteiger charge is -2.13. The summed E-state index contributed by atoms with van der Waals surface area (Å²) in [6, 6.07) is 5.80. The Hall–Kier alpha value is -0.730. The Labute approximate surface area is 103 Å². The van der Waals surface area contributed by atoms with Gasteiger partial charge in [-0.1, -0.05) is 44.4 Å². The van der Waals surface area contributed by atoms with E-state index in [9.17, 15) is 0 Å². The van der Waals surface area contributed by atoms with Crippen molar-refractivity contribution in [2.45, 2.75) is 33.2 Å². The van der Waals surface area contributed by atoms with Crippen LogP contribution in [0.4, 0.5) is 5.69 Å². The van der Waals surface area contributed by atoms with Crippen LogP contribution >= 0.6 is 11.6 Å². The van der Waals surface area contributed by atoms with Crippen molar-refractivity contribution < 1.29 is 0 Å². The first-order valence-corrected chi connectivity index (χ1v) is 6.29. The van der Waals surface area contributed by atoms with Crippen molar-refractivity contribution in [1.29, 1.82) is 0 Å². The Kier molecular flexibility index (Phi) is 5.64. The standard InChI is InChI=1S/C13H21ClN2/c1-3-10(4-2)8-16-9-11-5-6-13(15)12(14)7-11/h5-7,10,16H,3-4,8-9,15H2,1-2H3. The van der Waals surface area contributed by atoms with Crippen LogP contribution < -0.4 is 11.1 Å². The molecule has 2 nitrogen and oxygen atoms in total. The monoisotopic (exact) mass is 240 g/mol. The van der Waals surface area contributed by atoms with E-state index in [1.807, 2.05) is 18.2 Å². The number of halogens is 1. The van der Waals surface area contributed by atoms with Gasteiger partial charge in [-0.15, -0.1) is 0 Å². The van der Waals surface area contributed by atoms with Gasteiger partial charge in [-0.2, -0.15) is 0 Å². The molecule has 0 amide bonds. The Morgan fingerprint density at radius 1 is 1.31 bits per heavy atom. The number of benzene rings is 1. The molecule has 1 rings (SSSR count). The summed E-state index contributed by atoms with van der Waals surface area (Å²) in [5.41, 5.74) is 7.49. The Balaban J connectivity index is 2.40. The molecule has 16 heavy (non-hydrogen) atoms. The third-order valence-corrected chi connectivity index (χ3v) is 3.31. The molecule has 0 unspecified atom stereocenters. The second-order valence-electron chi connectivity index (χ2n) is 4.17. The van der Waals surface area contributed by atoms with Crippen molar-refractivity contribution in [3.8, 4) is 0 Å². The molecule has 0 aliphatic heterocycles. The fourth-order valence-corrected chi connectivity index (χ4v) is 1.88. The van der Waals surface area contributed by atoms with Crippen molar-refractivity contribution in [3.05, 3.63) is 28.8 Å². The topological polar surface area (TPSA) is 38.0 Å². The molecule has 0 aliphatic rings. The number of nitrogens with two attached hydrogens (primary N) is 1. The van der Waals surface area contributed by atoms with Gasteiger partial charge in [0, 0.05) is 6.54 Å². The normalized spacial score (nSPS) is 11.0. The highest BCUT2D eigenvalue weighted by Gasteiger charge is 2.03. The lowest BCUT2D eigenvalue weighted by molar-refractivity contribution is 0.449. The first-order valence-electron chi connectivity index (χ1n) is 5.92. The maximum Gasteiger partial charge on any atom is 0.0638 e. The SMILES string of the molecule is CCC(CC)CNCc1ccc(N)c(Cl)c1. The molecule has 0 saturated heterocycles. The molecule has 3 heteroatoms. The molecule has 0 spiro atoms. The largest absolute Gasteiger partial charge is 0.398 e. The van der Waals surface area contributed by atoms with Crippen LogP contribution in [-0.2, 0) is 6.54 Å². The fourth-order valence-electron chi connectivity index (χ4n) is 1.68. The van der Waals surface area contributed by atoms with Gasteiger partial charge < -0.3 is 11.1 Å². The number of hydrogen-bond donors (Lipinski definition) is 2. The number of hydrogen-bond acceptors (Lipinski definition) is 2. The van der Waals surface area contributed by atoms with Crippen LogP contribution in [0.25, 0.3) is 0 Å². The number of nitrogen functional groups attached to an aromatic ring is 1. The van der Waals surface area contributed by atoms with E-state index in [1.54, 1.807) is 0 Å². The second kappa shape index (κ2) is 6.77. The molecule has 0 heterocycles. The van der Waals surface area contributed by atoms with Crippen LogP contribution in [-0.4, -0.2) is 6.54 Å². The zero-order valence-electron chi connectivity index (χ0n) is 10.1. The quantitative estimate of drug-likeness (QED) is 0.748. The average molecular weight is 241 g/mol. The van der Waals surface area contributed by atoms with Gasteiger partial charge in [0.05, 0.1) is 10.7 Å². The van der Waals surface area contributed by atoms with Crippen LogP contribution in [0.2, 0.25) is 5.02 Å². The highest BCUT2D eigenvalue weighted by atomic mass is 35.5. The van der Waals surface area contributed by atoms with Crippen molar-refractivity contribution in [2.24, 2.45) is 5.92 Å². The van der Waals surface area contributed by atoms with Gasteiger partial charge in [0.1, 0.15) is 0 Å². The molecule has 0 bridgehead atoms. The van der Waals surface area contributed by atoms with E-state index in [1.165, 1.54) is 18.4 Å². The predicted octanol–water partition coefficient (Wildman–Crippen LogP) is 3.45. The Morgan fingerprint density at radius 3 is 2.56 bits per heavy atom. The smallest absolute Gasteiger partial charge is 0.0638 e. The first kappa shape index (κ1) is 13.3. The number of rotatable bonds is 6. The number of nitrogens with one attached hydrogen (secondary N) is 1. The van der Waals surface area contributed by atoms with Gasteiger partial charge in [0.25, 0.3) is 0 Å². The molecule has 0 aliphatic carbocycles. The van der Waals surface area contributed by atoms with Crippen LogP contribution in [0, 0.1) is 5.92 Å². The fraction of sp³-hybridized carbons (Fsp3) is 0.538. The van der Waals surface area contributed by atoms with Crippen LogP contribution in [0.5, 0.6) is 0 Å². The summed E-state index contributed by atoms with van der Waals surface area (Å²) in [6.45, 7) is 6.39. The summed E-state index contributed by atoms with van der Waals surface area (Å²) in [7, 11) is 0. The third-order valence-electron chi connectivity index (χ3n) is 2.98. The maximum atomic E-state index is 5.96. The minimum absolute atomic E-state index is 0.641. The van der Waals surface area contributed by atoms with Gasteiger partial charge >= 0.3 is 0 Å². The zero-order chi connectivity index (χ0) is 12.0. The lowest BCUT2D eigenvalue weighted by Crippen LogP contribution is -2.21. The molecule has 0 fully saturated rings. The minimum Gasteiger partial charge on any atom is -0.398 e. The molecule has 90 valence electrons. The molecular weight excluding hydrogens is 220 g/mol. The lowest BCUT2D eigenvalue weighted by atomic mass is 10.0. The van der Waals surface area contributed by atoms with E-state index in [4.69, 9.17) is 17.3 Å². The molecule has 0 atom stereocenters. The van der Waals surface area contributed by atoms with Crippen molar-refractivity contribution >= 4 is 17.3 Å². The van der Waals surface area contributed by atoms with Crippen LogP contribution in [0.3, 0.4) is 0 Å². The van der Waals surface area contributed by atoms with Gasteiger partial charge in [-0.25, -0.2) is 0 Å². The van der Waals surface area contributed by atoms with E-state index in [-0.39, 0.29) is 0 Å². The molecule has 0 aromatic heterocycles. The predicted molar refractivity (Wildman–Crippen MR) is 71.6 cm³/mol. The van der Waals surface area contributed by atoms with Crippen molar-refractivity contribution in [1.82, 2.24) is 5.32 Å². The van der Waals surface area contributed by atoms with Gasteiger partial charge in [-0.3, -0.25) is 0 Å². The minimum atomic E-state index is 0.641. The molecule has 1 aromatic rings. The highest BCUT2D eigenvalue weighted by Crippen LogP contribution is 2.19. The number of anilines is 1. The molecule has 3 N–H and O–H groups in total. The van der Waals surface area contributed by atoms with Gasteiger partial charge in [0.2, 0.25) is 0 Å². The Morgan fingerprint density at radius 2 is 2.00 bits per heavy atom. The Bertz CT molecular complexity index is 322. The van der Waals surface area contributed by atoms with Crippen LogP contribution in [0.1, 0.15) is 32.3 Å². The molecule has 1 aromatic carbocycles. The molecule has 0 radical (unpaired) electrons. The maximum absolute atomic E-state index is 5.96. The summed E-state index contributed by atoms with van der Waals surface area (Å²) in [5, 5.41) is 4.09. The van der Waals surface area contributed by atoms with Crippen LogP contribution in [0.15, 0.2) is 18.2 Å². The summed E-state index contributed by atoms with van der Waals surface area (Å²) in [4.78, 5) is 0. The van der Waals surface area contributed by atoms with E-state index >= 15 is 0 Å². The van der Waals surface area contributed by atoms with E-state index in [2.05, 4.69) is 19.2 Å². The van der Waals surface area contributed by atoms with E-state index in [0.29, 0.717) is 10.7 Å². The van der Waals surface area contributed by atoms with Gasteiger partial charge in [-0.05, 0) is 30.2 Å². The van der Waals surface area contributed by atoms with E-state index in [0.717, 1.165) is 19.0 Å². The highest BCUT2D eigenvalue weighted by molar-refractivity contribution is 6.33. The summed E-state index contributed by atoms with van der Waals surface area (Å²) < 4.78 is 0. The average Bonchev–Trinajstić information content (AvgIpc) is 2.29. The van der Waals surface area contributed by atoms with Crippen molar-refractivity contribution in [2.75, 3.05) is 12.3 Å². The summed E-state index contributed by atoms with van der Waals surface area (Å²) in [6.07, 6.45) is 2.46. The molecular formula is C13H21ClN2. The van der Waals surface area contributed by atoms with E-state index < -0.39 is 0 Å². The summed E-state index contributed by atoms with van der Waals surface area (Å²) >= 11 is 5.96. The zero-order valence-corrected chi connectivity index (χ0v) is 10.8.